The molecule has 8 heteroatoms. The number of fused-ring (bicyclic) bond motifs is 2. The number of aromatic amines is 2. The summed E-state index contributed by atoms with van der Waals surface area (Å²) in [5.74, 6) is -1.28. The van der Waals surface area contributed by atoms with Crippen LogP contribution in [0.5, 0.6) is 0 Å². The summed E-state index contributed by atoms with van der Waals surface area (Å²) in [5, 5.41) is 18.0. The molecular weight excluding hydrogens is 560 g/mol. The SMILES string of the molecule is CC(=O)NC(C(=O)NCc1cc(C)c(C)c(C)c1)(C(c1c[nH]c2ccccc12)c1c[nH]c2ccc(C#N)cc12)N1CC=CCC1. The quantitative estimate of drug-likeness (QED) is 0.164. The van der Waals surface area contributed by atoms with Crippen molar-refractivity contribution in [3.63, 3.8) is 0 Å². The van der Waals surface area contributed by atoms with Crippen molar-refractivity contribution in [2.24, 2.45) is 0 Å². The molecule has 4 N–H and O–H groups in total. The van der Waals surface area contributed by atoms with E-state index in [-0.39, 0.29) is 11.8 Å². The van der Waals surface area contributed by atoms with Crippen LogP contribution in [0.15, 0.2) is 79.1 Å². The zero-order chi connectivity index (χ0) is 31.7. The minimum atomic E-state index is -1.52. The molecule has 2 aromatic heterocycles. The lowest BCUT2D eigenvalue weighted by Crippen LogP contribution is -2.71. The van der Waals surface area contributed by atoms with Crippen molar-refractivity contribution in [3.05, 3.63) is 118 Å². The summed E-state index contributed by atoms with van der Waals surface area (Å²) in [6.07, 6.45) is 8.75. The monoisotopic (exact) mass is 598 g/mol. The van der Waals surface area contributed by atoms with Gasteiger partial charge >= 0.3 is 0 Å². The highest BCUT2D eigenvalue weighted by Crippen LogP contribution is 2.44. The number of H-pyrrole nitrogens is 2. The first-order valence-electron chi connectivity index (χ1n) is 15.3. The molecule has 1 aliphatic heterocycles. The average Bonchev–Trinajstić information content (AvgIpc) is 3.66. The van der Waals surface area contributed by atoms with Gasteiger partial charge in [0.1, 0.15) is 0 Å². The molecule has 2 unspecified atom stereocenters. The van der Waals surface area contributed by atoms with Gasteiger partial charge in [-0.15, -0.1) is 0 Å². The molecule has 0 bridgehead atoms. The first-order valence-corrected chi connectivity index (χ1v) is 15.3. The van der Waals surface area contributed by atoms with Crippen LogP contribution in [0.4, 0.5) is 0 Å². The second kappa shape index (κ2) is 12.1. The van der Waals surface area contributed by atoms with Gasteiger partial charge in [-0.1, -0.05) is 42.5 Å². The molecule has 8 nitrogen and oxygen atoms in total. The highest BCUT2D eigenvalue weighted by atomic mass is 16.2. The van der Waals surface area contributed by atoms with Crippen LogP contribution in [0, 0.1) is 32.1 Å². The molecule has 3 aromatic carbocycles. The Hall–Kier alpha value is -5.13. The summed E-state index contributed by atoms with van der Waals surface area (Å²) in [6, 6.07) is 20.0. The zero-order valence-electron chi connectivity index (χ0n) is 26.1. The van der Waals surface area contributed by atoms with Crippen LogP contribution < -0.4 is 10.6 Å². The second-order valence-corrected chi connectivity index (χ2v) is 12.0. The average molecular weight is 599 g/mol. The third-order valence-electron chi connectivity index (χ3n) is 9.21. The van der Waals surface area contributed by atoms with Crippen molar-refractivity contribution >= 4 is 33.6 Å². The number of benzene rings is 3. The molecule has 3 heterocycles. The van der Waals surface area contributed by atoms with Crippen LogP contribution >= 0.6 is 0 Å². The summed E-state index contributed by atoms with van der Waals surface area (Å²) < 4.78 is 0. The molecule has 6 rings (SSSR count). The van der Waals surface area contributed by atoms with E-state index >= 15 is 4.79 Å². The number of amides is 2. The van der Waals surface area contributed by atoms with Gasteiger partial charge in [-0.3, -0.25) is 14.5 Å². The van der Waals surface area contributed by atoms with Gasteiger partial charge in [-0.2, -0.15) is 5.26 Å². The number of hydrogen-bond donors (Lipinski definition) is 4. The molecule has 0 spiro atoms. The molecule has 0 radical (unpaired) electrons. The maximum atomic E-state index is 15.1. The molecule has 5 aromatic rings. The Kier molecular flexibility index (Phi) is 8.05. The summed E-state index contributed by atoms with van der Waals surface area (Å²) in [4.78, 5) is 37.2. The Labute approximate surface area is 263 Å². The Morgan fingerprint density at radius 3 is 2.31 bits per heavy atom. The van der Waals surface area contributed by atoms with E-state index in [4.69, 9.17) is 0 Å². The maximum Gasteiger partial charge on any atom is 0.262 e. The van der Waals surface area contributed by atoms with Crippen molar-refractivity contribution in [2.75, 3.05) is 13.1 Å². The first-order chi connectivity index (χ1) is 21.7. The van der Waals surface area contributed by atoms with Gasteiger partial charge in [0.15, 0.2) is 5.66 Å². The number of aromatic nitrogens is 2. The predicted octanol–water partition coefficient (Wildman–Crippen LogP) is 5.99. The van der Waals surface area contributed by atoms with Gasteiger partial charge in [0.25, 0.3) is 5.91 Å². The van der Waals surface area contributed by atoms with E-state index in [2.05, 4.69) is 76.6 Å². The second-order valence-electron chi connectivity index (χ2n) is 12.0. The fourth-order valence-corrected chi connectivity index (χ4v) is 6.84. The molecule has 228 valence electrons. The van der Waals surface area contributed by atoms with Gasteiger partial charge in [-0.25, -0.2) is 0 Å². The smallest absolute Gasteiger partial charge is 0.262 e. The Morgan fingerprint density at radius 2 is 1.64 bits per heavy atom. The first kappa shape index (κ1) is 29.9. The molecular formula is C37H38N6O2. The van der Waals surface area contributed by atoms with E-state index in [1.54, 1.807) is 6.07 Å². The van der Waals surface area contributed by atoms with Crippen molar-refractivity contribution in [2.45, 2.75) is 52.2 Å². The van der Waals surface area contributed by atoms with Crippen molar-refractivity contribution in [1.29, 1.82) is 5.26 Å². The number of carbonyl (C=O) groups excluding carboxylic acids is 2. The van der Waals surface area contributed by atoms with E-state index in [1.165, 1.54) is 12.5 Å². The Morgan fingerprint density at radius 1 is 0.956 bits per heavy atom. The van der Waals surface area contributed by atoms with Gasteiger partial charge in [0.2, 0.25) is 5.91 Å². The number of carbonyl (C=O) groups is 2. The predicted molar refractivity (Wildman–Crippen MR) is 178 cm³/mol. The van der Waals surface area contributed by atoms with E-state index < -0.39 is 11.6 Å². The summed E-state index contributed by atoms with van der Waals surface area (Å²) in [5.41, 5.74) is 7.00. The molecule has 1 aliphatic rings. The van der Waals surface area contributed by atoms with Crippen molar-refractivity contribution in [1.82, 2.24) is 25.5 Å². The lowest BCUT2D eigenvalue weighted by molar-refractivity contribution is -0.143. The number of hydrogen-bond acceptors (Lipinski definition) is 4. The van der Waals surface area contributed by atoms with Gasteiger partial charge < -0.3 is 20.6 Å². The Balaban J connectivity index is 1.60. The largest absolute Gasteiger partial charge is 0.361 e. The number of para-hydroxylation sites is 1. The highest BCUT2D eigenvalue weighted by molar-refractivity contribution is 5.96. The van der Waals surface area contributed by atoms with Crippen LogP contribution in [-0.2, 0) is 16.1 Å². The van der Waals surface area contributed by atoms with E-state index in [9.17, 15) is 10.1 Å². The van der Waals surface area contributed by atoms with E-state index in [1.807, 2.05) is 48.8 Å². The van der Waals surface area contributed by atoms with Crippen LogP contribution in [0.2, 0.25) is 0 Å². The summed E-state index contributed by atoms with van der Waals surface area (Å²) in [6.45, 7) is 9.06. The standard InChI is InChI=1S/C37H38N6O2/c1-23-16-28(17-24(2)25(23)3)20-41-36(45)37(42-26(4)44,43-14-8-5-9-15-43)35(31-21-39-33-11-7-6-10-29(31)33)32-22-40-34-13-12-27(19-38)18-30(32)34/h5-8,10-13,16-18,21-22,35,39-40H,9,14-15,20H2,1-4H3,(H,41,45)(H,42,44). The summed E-state index contributed by atoms with van der Waals surface area (Å²) in [7, 11) is 0. The fraction of sp³-hybridized carbons (Fsp3) is 0.270. The van der Waals surface area contributed by atoms with E-state index in [0.717, 1.165) is 56.0 Å². The number of nitrogens with zero attached hydrogens (tertiary/aromatic N) is 2. The molecule has 2 atom stereocenters. The topological polar surface area (TPSA) is 117 Å². The normalized spacial score (nSPS) is 15.4. The van der Waals surface area contributed by atoms with Gasteiger partial charge in [0, 0.05) is 60.8 Å². The zero-order valence-corrected chi connectivity index (χ0v) is 26.1. The lowest BCUT2D eigenvalue weighted by atomic mass is 9.77. The summed E-state index contributed by atoms with van der Waals surface area (Å²) >= 11 is 0. The minimum Gasteiger partial charge on any atom is -0.361 e. The minimum absolute atomic E-state index is 0.301. The molecule has 0 fully saturated rings. The van der Waals surface area contributed by atoms with Gasteiger partial charge in [-0.05, 0) is 84.8 Å². The highest BCUT2D eigenvalue weighted by Gasteiger charge is 2.53. The lowest BCUT2D eigenvalue weighted by Gasteiger charge is -2.48. The van der Waals surface area contributed by atoms with Crippen LogP contribution in [0.3, 0.4) is 0 Å². The molecule has 45 heavy (non-hydrogen) atoms. The Bertz CT molecular complexity index is 1970. The van der Waals surface area contributed by atoms with Crippen molar-refractivity contribution < 1.29 is 9.59 Å². The van der Waals surface area contributed by atoms with Gasteiger partial charge in [0.05, 0.1) is 17.6 Å². The number of nitrogens with one attached hydrogen (secondary N) is 4. The molecule has 2 amide bonds. The van der Waals surface area contributed by atoms with E-state index in [0.29, 0.717) is 25.2 Å². The molecule has 0 aliphatic carbocycles. The van der Waals surface area contributed by atoms with Crippen molar-refractivity contribution in [3.8, 4) is 6.07 Å². The third kappa shape index (κ3) is 5.41. The maximum absolute atomic E-state index is 15.1. The molecule has 0 saturated heterocycles. The molecule has 0 saturated carbocycles. The van der Waals surface area contributed by atoms with Crippen LogP contribution in [-0.4, -0.2) is 45.4 Å². The third-order valence-corrected chi connectivity index (χ3v) is 9.21. The van der Waals surface area contributed by atoms with Crippen LogP contribution in [0.1, 0.15) is 58.2 Å². The number of rotatable bonds is 8. The number of aryl methyl sites for hydroxylation is 2. The van der Waals surface area contributed by atoms with Crippen LogP contribution in [0.25, 0.3) is 21.8 Å². The number of nitriles is 1. The fourth-order valence-electron chi connectivity index (χ4n) is 6.84.